The van der Waals surface area contributed by atoms with Gasteiger partial charge in [0.15, 0.2) is 0 Å². The van der Waals surface area contributed by atoms with Gasteiger partial charge in [-0.05, 0) is 62.1 Å². The number of aromatic nitrogens is 5. The van der Waals surface area contributed by atoms with Crippen molar-refractivity contribution in [3.63, 3.8) is 0 Å². The molecule has 46 heavy (non-hydrogen) atoms. The van der Waals surface area contributed by atoms with Crippen LogP contribution in [-0.2, 0) is 9.59 Å². The molecule has 5 aromatic rings. The summed E-state index contributed by atoms with van der Waals surface area (Å²) < 4.78 is 1.57. The summed E-state index contributed by atoms with van der Waals surface area (Å²) in [6.45, 7) is 14.0. The van der Waals surface area contributed by atoms with Gasteiger partial charge in [0.05, 0.1) is 46.0 Å². The van der Waals surface area contributed by atoms with Crippen molar-refractivity contribution in [3.8, 4) is 16.9 Å². The van der Waals surface area contributed by atoms with E-state index in [-0.39, 0.29) is 36.0 Å². The van der Waals surface area contributed by atoms with Crippen LogP contribution in [0, 0.1) is 13.8 Å². The first kappa shape index (κ1) is 29.7. The number of anilines is 2. The zero-order valence-electron chi connectivity index (χ0n) is 26.2. The number of fused-ring (bicyclic) bond motifs is 6. The van der Waals surface area contributed by atoms with E-state index >= 15 is 0 Å². The average molecular weight is 637 g/mol. The van der Waals surface area contributed by atoms with E-state index in [0.29, 0.717) is 39.7 Å². The average Bonchev–Trinajstić information content (AvgIpc) is 3.50. The zero-order valence-corrected chi connectivity index (χ0v) is 26.9. The normalized spacial score (nSPS) is 17.8. The van der Waals surface area contributed by atoms with Gasteiger partial charge in [-0.2, -0.15) is 5.10 Å². The van der Waals surface area contributed by atoms with Gasteiger partial charge in [-0.15, -0.1) is 0 Å². The second kappa shape index (κ2) is 10.8. The summed E-state index contributed by atoms with van der Waals surface area (Å²) in [5.41, 5.74) is 5.88. The predicted molar refractivity (Wildman–Crippen MR) is 180 cm³/mol. The van der Waals surface area contributed by atoms with Crippen LogP contribution < -0.4 is 15.8 Å². The highest BCUT2D eigenvalue weighted by molar-refractivity contribution is 6.34. The highest BCUT2D eigenvalue weighted by Crippen LogP contribution is 2.43. The van der Waals surface area contributed by atoms with Crippen LogP contribution in [0.15, 0.2) is 54.1 Å². The minimum Gasteiger partial charge on any atom is -0.354 e. The number of H-pyrrole nitrogens is 1. The molecule has 6 heterocycles. The van der Waals surface area contributed by atoms with Gasteiger partial charge in [0, 0.05) is 35.1 Å². The summed E-state index contributed by atoms with van der Waals surface area (Å²) in [5.74, 6) is -0.636. The molecule has 2 atom stereocenters. The lowest BCUT2D eigenvalue weighted by atomic mass is 9.97. The van der Waals surface area contributed by atoms with Gasteiger partial charge in [0.2, 0.25) is 11.8 Å². The summed E-state index contributed by atoms with van der Waals surface area (Å²) in [6.07, 6.45) is 4.73. The number of benzene rings is 1. The Morgan fingerprint density at radius 1 is 1.11 bits per heavy atom. The Morgan fingerprint density at radius 2 is 1.89 bits per heavy atom. The summed E-state index contributed by atoms with van der Waals surface area (Å²) in [7, 11) is 0. The Balaban J connectivity index is 1.59. The Kier molecular flexibility index (Phi) is 6.97. The number of carbonyl (C=O) groups is 2. The maximum atomic E-state index is 14.8. The molecule has 0 radical (unpaired) electrons. The highest BCUT2D eigenvalue weighted by atomic mass is 35.5. The Labute approximate surface area is 269 Å². The van der Waals surface area contributed by atoms with Crippen molar-refractivity contribution in [1.29, 1.82) is 0 Å². The lowest BCUT2D eigenvalue weighted by Gasteiger charge is -2.48. The number of rotatable bonds is 4. The van der Waals surface area contributed by atoms with E-state index < -0.39 is 11.6 Å². The van der Waals surface area contributed by atoms with E-state index in [1.807, 2.05) is 63.8 Å². The number of amides is 2. The molecule has 2 aliphatic heterocycles. The fraction of sp³-hybridized carbons (Fsp3) is 0.294. The minimum atomic E-state index is -0.724. The van der Waals surface area contributed by atoms with Crippen LogP contribution >= 0.6 is 11.6 Å². The molecule has 12 heteroatoms. The number of halogens is 1. The van der Waals surface area contributed by atoms with E-state index in [0.717, 1.165) is 33.3 Å². The van der Waals surface area contributed by atoms with Crippen LogP contribution in [-0.4, -0.2) is 66.6 Å². The molecule has 2 N–H and O–H groups in total. The first-order valence-electron chi connectivity index (χ1n) is 15.2. The van der Waals surface area contributed by atoms with Crippen LogP contribution in [0.2, 0.25) is 5.02 Å². The molecule has 2 amide bonds. The number of carbonyl (C=O) groups excluding carboxylic acids is 2. The number of nitrogens with one attached hydrogen (secondary N) is 2. The fourth-order valence-electron chi connectivity index (χ4n) is 6.87. The number of aromatic amines is 1. The van der Waals surface area contributed by atoms with E-state index in [9.17, 15) is 14.4 Å². The first-order chi connectivity index (χ1) is 22.0. The third kappa shape index (κ3) is 4.33. The molecule has 0 bridgehead atoms. The second-order valence-electron chi connectivity index (χ2n) is 12.4. The molecule has 0 aliphatic carbocycles. The molecule has 2 aliphatic rings. The molecule has 0 saturated carbocycles. The maximum absolute atomic E-state index is 14.8. The Hall–Kier alpha value is -5.03. The summed E-state index contributed by atoms with van der Waals surface area (Å²) in [5, 5.41) is 12.0. The molecule has 1 saturated heterocycles. The summed E-state index contributed by atoms with van der Waals surface area (Å²) in [6, 6.07) is 6.64. The SMILES string of the molecule is C=CC(=O)N1CC2C(=O)Nc3c(c4cc(Cl)c(-c5c(C)ccc6[nH]ncc56)nc4n(-c4c(C)ccnc4C(C)C)c3=O)N2CC1C. The molecular weight excluding hydrogens is 604 g/mol. The molecule has 1 fully saturated rings. The van der Waals surface area contributed by atoms with Gasteiger partial charge in [-0.25, -0.2) is 4.98 Å². The topological polar surface area (TPSA) is 129 Å². The maximum Gasteiger partial charge on any atom is 0.282 e. The van der Waals surface area contributed by atoms with Crippen LogP contribution in [0.4, 0.5) is 11.4 Å². The minimum absolute atomic E-state index is 0.0168. The molecule has 7 rings (SSSR count). The van der Waals surface area contributed by atoms with Crippen molar-refractivity contribution in [2.75, 3.05) is 23.3 Å². The zero-order chi connectivity index (χ0) is 32.6. The molecule has 11 nitrogen and oxygen atoms in total. The number of piperazine rings is 1. The van der Waals surface area contributed by atoms with Gasteiger partial charge in [-0.3, -0.25) is 29.0 Å². The number of aryl methyl sites for hydroxylation is 2. The third-order valence-corrected chi connectivity index (χ3v) is 9.39. The Morgan fingerprint density at radius 3 is 2.63 bits per heavy atom. The smallest absolute Gasteiger partial charge is 0.282 e. The molecule has 1 aromatic carbocycles. The predicted octanol–water partition coefficient (Wildman–Crippen LogP) is 5.26. The molecule has 0 spiro atoms. The Bertz CT molecular complexity index is 2190. The summed E-state index contributed by atoms with van der Waals surface area (Å²) >= 11 is 7.12. The van der Waals surface area contributed by atoms with Crippen molar-refractivity contribution >= 4 is 56.7 Å². The fourth-order valence-corrected chi connectivity index (χ4v) is 7.11. The van der Waals surface area contributed by atoms with Gasteiger partial charge in [0.25, 0.3) is 5.56 Å². The van der Waals surface area contributed by atoms with Crippen LogP contribution in [0.5, 0.6) is 0 Å². The third-order valence-electron chi connectivity index (χ3n) is 9.11. The van der Waals surface area contributed by atoms with Crippen LogP contribution in [0.1, 0.15) is 43.5 Å². The van der Waals surface area contributed by atoms with Crippen molar-refractivity contribution in [2.45, 2.75) is 52.6 Å². The quantitative estimate of drug-likeness (QED) is 0.257. The number of nitrogens with zero attached hydrogens (tertiary/aromatic N) is 6. The van der Waals surface area contributed by atoms with E-state index in [2.05, 4.69) is 27.1 Å². The number of hydrogen-bond donors (Lipinski definition) is 2. The van der Waals surface area contributed by atoms with Crippen molar-refractivity contribution in [1.82, 2.24) is 29.6 Å². The lowest BCUT2D eigenvalue weighted by Crippen LogP contribution is -2.64. The van der Waals surface area contributed by atoms with Gasteiger partial charge >= 0.3 is 0 Å². The van der Waals surface area contributed by atoms with E-state index in [1.54, 1.807) is 21.9 Å². The molecule has 4 aromatic heterocycles. The molecule has 234 valence electrons. The monoisotopic (exact) mass is 636 g/mol. The second-order valence-corrected chi connectivity index (χ2v) is 12.8. The number of pyridine rings is 3. The van der Waals surface area contributed by atoms with Gasteiger partial charge in [0.1, 0.15) is 17.4 Å². The van der Waals surface area contributed by atoms with Crippen molar-refractivity contribution in [3.05, 3.63) is 81.5 Å². The van der Waals surface area contributed by atoms with Crippen LogP contribution in [0.3, 0.4) is 0 Å². The van der Waals surface area contributed by atoms with Crippen LogP contribution in [0.25, 0.3) is 38.9 Å². The largest absolute Gasteiger partial charge is 0.354 e. The lowest BCUT2D eigenvalue weighted by molar-refractivity contribution is -0.130. The van der Waals surface area contributed by atoms with E-state index in [4.69, 9.17) is 16.6 Å². The van der Waals surface area contributed by atoms with Gasteiger partial charge < -0.3 is 15.1 Å². The molecule has 2 unspecified atom stereocenters. The van der Waals surface area contributed by atoms with Crippen molar-refractivity contribution < 1.29 is 9.59 Å². The highest BCUT2D eigenvalue weighted by Gasteiger charge is 2.44. The standard InChI is InChI=1S/C34H33ClN8O3/c1-7-25(44)41-15-24-33(45)39-29-31(42(24)14-19(41)6)20-12-22(35)28(26-17(4)8-9-23-21(26)13-37-40-23)38-32(20)43(34(29)46)30-18(5)10-11-36-27(30)16(2)3/h7-13,16,19,24H,1,14-15H2,2-6H3,(H,37,40)(H,39,45). The first-order valence-corrected chi connectivity index (χ1v) is 15.6. The number of hydrogen-bond acceptors (Lipinski definition) is 7. The summed E-state index contributed by atoms with van der Waals surface area (Å²) in [4.78, 5) is 54.5. The van der Waals surface area contributed by atoms with Gasteiger partial charge in [-0.1, -0.05) is 38.1 Å². The molecular formula is C34H33ClN8O3. The van der Waals surface area contributed by atoms with Crippen molar-refractivity contribution in [2.24, 2.45) is 0 Å². The van der Waals surface area contributed by atoms with E-state index in [1.165, 1.54) is 6.08 Å².